The molecule has 4 nitrogen and oxygen atoms in total. The third-order valence-corrected chi connectivity index (χ3v) is 4.95. The van der Waals surface area contributed by atoms with Crippen molar-refractivity contribution in [2.45, 2.75) is 20.0 Å². The second-order valence-corrected chi connectivity index (χ2v) is 6.89. The fraction of sp³-hybridized carbons (Fsp3) is 0.120. The lowest BCUT2D eigenvalue weighted by atomic mass is 10.0. The second kappa shape index (κ2) is 7.76. The lowest BCUT2D eigenvalue weighted by Crippen LogP contribution is -2.13. The maximum atomic E-state index is 12.9. The fourth-order valence-electron chi connectivity index (χ4n) is 3.35. The molecule has 0 spiro atoms. The van der Waals surface area contributed by atoms with Gasteiger partial charge in [-0.15, -0.1) is 0 Å². The molecule has 3 aromatic carbocycles. The summed E-state index contributed by atoms with van der Waals surface area (Å²) in [5, 5.41) is 0.365. The van der Waals surface area contributed by atoms with Gasteiger partial charge in [-0.1, -0.05) is 66.7 Å². The molecular formula is C25H20O4. The van der Waals surface area contributed by atoms with Gasteiger partial charge in [-0.3, -0.25) is 4.79 Å². The van der Waals surface area contributed by atoms with E-state index in [1.165, 1.54) is 0 Å². The second-order valence-electron chi connectivity index (χ2n) is 6.89. The zero-order valence-corrected chi connectivity index (χ0v) is 16.2. The molecule has 0 fully saturated rings. The SMILES string of the molecule is Cc1c(-c2ccccc2)oc2c(C(=O)OC(C)c3ccccc3)cccc2c1=O. The number of rotatable bonds is 4. The Morgan fingerprint density at radius 2 is 1.55 bits per heavy atom. The van der Waals surface area contributed by atoms with Crippen LogP contribution in [0.15, 0.2) is 88.1 Å². The predicted molar refractivity (Wildman–Crippen MR) is 113 cm³/mol. The van der Waals surface area contributed by atoms with Crippen LogP contribution in [0.1, 0.15) is 34.5 Å². The Bertz CT molecular complexity index is 1220. The highest BCUT2D eigenvalue weighted by Crippen LogP contribution is 2.28. The lowest BCUT2D eigenvalue weighted by Gasteiger charge is -2.15. The van der Waals surface area contributed by atoms with Gasteiger partial charge in [0, 0.05) is 11.1 Å². The summed E-state index contributed by atoms with van der Waals surface area (Å²) in [6.45, 7) is 3.55. The minimum Gasteiger partial charge on any atom is -0.455 e. The molecule has 0 bridgehead atoms. The van der Waals surface area contributed by atoms with Crippen LogP contribution >= 0.6 is 0 Å². The third-order valence-electron chi connectivity index (χ3n) is 4.95. The third kappa shape index (κ3) is 3.57. The molecule has 0 aliphatic carbocycles. The van der Waals surface area contributed by atoms with Crippen molar-refractivity contribution < 1.29 is 13.9 Å². The molecule has 29 heavy (non-hydrogen) atoms. The lowest BCUT2D eigenvalue weighted by molar-refractivity contribution is 0.0339. The number of para-hydroxylation sites is 1. The van der Waals surface area contributed by atoms with Crippen LogP contribution in [0.25, 0.3) is 22.3 Å². The first-order chi connectivity index (χ1) is 14.1. The Labute approximate surface area is 168 Å². The van der Waals surface area contributed by atoms with Crippen molar-refractivity contribution in [2.75, 3.05) is 0 Å². The van der Waals surface area contributed by atoms with Crippen LogP contribution in [0.2, 0.25) is 0 Å². The van der Waals surface area contributed by atoms with E-state index in [9.17, 15) is 9.59 Å². The van der Waals surface area contributed by atoms with Crippen molar-refractivity contribution in [1.29, 1.82) is 0 Å². The van der Waals surface area contributed by atoms with Crippen molar-refractivity contribution in [3.05, 3.63) is 106 Å². The number of esters is 1. The van der Waals surface area contributed by atoms with Crippen LogP contribution in [-0.2, 0) is 4.74 Å². The summed E-state index contributed by atoms with van der Waals surface area (Å²) in [7, 11) is 0. The quantitative estimate of drug-likeness (QED) is 0.424. The molecule has 1 heterocycles. The molecule has 0 aliphatic heterocycles. The van der Waals surface area contributed by atoms with Crippen molar-refractivity contribution in [3.8, 4) is 11.3 Å². The van der Waals surface area contributed by atoms with E-state index in [1.807, 2.05) is 67.6 Å². The van der Waals surface area contributed by atoms with Gasteiger partial charge in [-0.05, 0) is 31.5 Å². The molecule has 144 valence electrons. The molecule has 1 unspecified atom stereocenters. The van der Waals surface area contributed by atoms with Crippen LogP contribution < -0.4 is 5.43 Å². The topological polar surface area (TPSA) is 56.5 Å². The van der Waals surface area contributed by atoms with Gasteiger partial charge >= 0.3 is 5.97 Å². The first-order valence-electron chi connectivity index (χ1n) is 9.44. The first-order valence-corrected chi connectivity index (χ1v) is 9.44. The zero-order chi connectivity index (χ0) is 20.4. The number of carbonyl (C=O) groups excluding carboxylic acids is 1. The van der Waals surface area contributed by atoms with Crippen LogP contribution in [-0.4, -0.2) is 5.97 Å². The molecule has 0 aliphatic rings. The van der Waals surface area contributed by atoms with E-state index in [2.05, 4.69) is 0 Å². The average molecular weight is 384 g/mol. The van der Waals surface area contributed by atoms with Crippen LogP contribution in [0.4, 0.5) is 0 Å². The van der Waals surface area contributed by atoms with Gasteiger partial charge in [0.25, 0.3) is 0 Å². The molecular weight excluding hydrogens is 364 g/mol. The summed E-state index contributed by atoms with van der Waals surface area (Å²) in [6.07, 6.45) is -0.426. The molecule has 0 radical (unpaired) electrons. The summed E-state index contributed by atoms with van der Waals surface area (Å²) in [5.41, 5.74) is 2.50. The highest BCUT2D eigenvalue weighted by Gasteiger charge is 2.21. The summed E-state index contributed by atoms with van der Waals surface area (Å²) >= 11 is 0. The van der Waals surface area contributed by atoms with Gasteiger partial charge in [0.2, 0.25) is 0 Å². The van der Waals surface area contributed by atoms with Crippen LogP contribution in [0.5, 0.6) is 0 Å². The van der Waals surface area contributed by atoms with Crippen molar-refractivity contribution in [3.63, 3.8) is 0 Å². The maximum Gasteiger partial charge on any atom is 0.342 e. The number of ether oxygens (including phenoxy) is 1. The molecule has 4 aromatic rings. The van der Waals surface area contributed by atoms with Gasteiger partial charge < -0.3 is 9.15 Å². The van der Waals surface area contributed by atoms with E-state index in [0.29, 0.717) is 16.7 Å². The molecule has 4 heteroatoms. The number of fused-ring (bicyclic) bond motifs is 1. The number of carbonyl (C=O) groups is 1. The average Bonchev–Trinajstić information content (AvgIpc) is 2.77. The van der Waals surface area contributed by atoms with Crippen molar-refractivity contribution >= 4 is 16.9 Å². The molecule has 0 saturated carbocycles. The zero-order valence-electron chi connectivity index (χ0n) is 16.2. The monoisotopic (exact) mass is 384 g/mol. The summed E-state index contributed by atoms with van der Waals surface area (Å²) in [6, 6.07) is 23.8. The van der Waals surface area contributed by atoms with E-state index in [1.54, 1.807) is 25.1 Å². The van der Waals surface area contributed by atoms with E-state index in [-0.39, 0.29) is 16.6 Å². The van der Waals surface area contributed by atoms with Gasteiger partial charge in [0.1, 0.15) is 17.4 Å². The smallest absolute Gasteiger partial charge is 0.342 e. The Kier molecular flexibility index (Phi) is 5.00. The summed E-state index contributed by atoms with van der Waals surface area (Å²) in [4.78, 5) is 25.8. The maximum absolute atomic E-state index is 12.9. The molecule has 4 rings (SSSR count). The van der Waals surface area contributed by atoms with E-state index in [4.69, 9.17) is 9.15 Å². The summed E-state index contributed by atoms with van der Waals surface area (Å²) in [5.74, 6) is -0.0718. The summed E-state index contributed by atoms with van der Waals surface area (Å²) < 4.78 is 11.7. The van der Waals surface area contributed by atoms with Crippen molar-refractivity contribution in [2.24, 2.45) is 0 Å². The number of hydrogen-bond acceptors (Lipinski definition) is 4. The Balaban J connectivity index is 1.80. The van der Waals surface area contributed by atoms with Gasteiger partial charge in [0.15, 0.2) is 11.0 Å². The highest BCUT2D eigenvalue weighted by atomic mass is 16.5. The standard InChI is InChI=1S/C25H20O4/c1-16-22(26)20-14-9-15-21(24(20)29-23(16)19-12-7-4-8-13-19)25(27)28-17(2)18-10-5-3-6-11-18/h3-15,17H,1-2H3. The Morgan fingerprint density at radius 1 is 0.897 bits per heavy atom. The van der Waals surface area contributed by atoms with Crippen LogP contribution in [0, 0.1) is 6.92 Å². The predicted octanol–water partition coefficient (Wildman–Crippen LogP) is 5.69. The van der Waals surface area contributed by atoms with Crippen molar-refractivity contribution in [1.82, 2.24) is 0 Å². The minimum absolute atomic E-state index is 0.157. The molecule has 0 N–H and O–H groups in total. The van der Waals surface area contributed by atoms with Gasteiger partial charge in [-0.2, -0.15) is 0 Å². The molecule has 0 amide bonds. The fourth-order valence-corrected chi connectivity index (χ4v) is 3.35. The molecule has 0 saturated heterocycles. The molecule has 1 atom stereocenters. The Morgan fingerprint density at radius 3 is 2.24 bits per heavy atom. The van der Waals surface area contributed by atoms with Gasteiger partial charge in [0.05, 0.1) is 5.39 Å². The van der Waals surface area contributed by atoms with E-state index in [0.717, 1.165) is 11.1 Å². The highest BCUT2D eigenvalue weighted by molar-refractivity contribution is 6.02. The van der Waals surface area contributed by atoms with E-state index < -0.39 is 12.1 Å². The molecule has 1 aromatic heterocycles. The number of benzene rings is 3. The van der Waals surface area contributed by atoms with Gasteiger partial charge in [-0.25, -0.2) is 4.79 Å². The normalized spacial score (nSPS) is 11.9. The largest absolute Gasteiger partial charge is 0.455 e. The van der Waals surface area contributed by atoms with E-state index >= 15 is 0 Å². The number of hydrogen-bond donors (Lipinski definition) is 0. The minimum atomic E-state index is -0.530. The van der Waals surface area contributed by atoms with Crippen LogP contribution in [0.3, 0.4) is 0 Å². The Hall–Kier alpha value is -3.66. The first kappa shape index (κ1) is 18.7.